The van der Waals surface area contributed by atoms with Crippen LogP contribution in [-0.2, 0) is 14.8 Å². The minimum atomic E-state index is -3.18. The number of nitrogens with zero attached hydrogens (tertiary/aromatic N) is 1. The quantitative estimate of drug-likeness (QED) is 0.717. The molecule has 7 heteroatoms. The average Bonchev–Trinajstić information content (AvgIpc) is 2.96. The molecule has 1 aromatic rings. The number of halogens is 1. The molecule has 0 spiro atoms. The van der Waals surface area contributed by atoms with E-state index in [1.54, 1.807) is 0 Å². The van der Waals surface area contributed by atoms with Crippen LogP contribution in [0.3, 0.4) is 0 Å². The van der Waals surface area contributed by atoms with Crippen LogP contribution >= 0.6 is 22.6 Å². The molecular formula is C14H19IN2O3S. The molecule has 0 aliphatic carbocycles. The highest BCUT2D eigenvalue weighted by Gasteiger charge is 2.24. The fourth-order valence-corrected chi connectivity index (χ4v) is 4.21. The minimum Gasteiger partial charge on any atom is -0.326 e. The normalized spacial score (nSPS) is 16.0. The Morgan fingerprint density at radius 1 is 1.19 bits per heavy atom. The highest BCUT2D eigenvalue weighted by Crippen LogP contribution is 2.15. The van der Waals surface area contributed by atoms with Crippen LogP contribution in [0, 0.1) is 3.57 Å². The summed E-state index contributed by atoms with van der Waals surface area (Å²) in [5, 5.41) is 2.77. The summed E-state index contributed by atoms with van der Waals surface area (Å²) in [7, 11) is -3.18. The summed E-state index contributed by atoms with van der Waals surface area (Å²) in [4.78, 5) is 11.8. The number of rotatable bonds is 6. The van der Waals surface area contributed by atoms with Gasteiger partial charge in [-0.05, 0) is 66.1 Å². The molecule has 5 nitrogen and oxygen atoms in total. The molecule has 0 bridgehead atoms. The van der Waals surface area contributed by atoms with E-state index in [0.29, 0.717) is 19.5 Å². The highest BCUT2D eigenvalue weighted by atomic mass is 127. The molecule has 2 rings (SSSR count). The number of carbonyl (C=O) groups is 1. The van der Waals surface area contributed by atoms with Gasteiger partial charge in [-0.3, -0.25) is 4.79 Å². The average molecular weight is 422 g/mol. The van der Waals surface area contributed by atoms with Gasteiger partial charge in [0, 0.05) is 28.8 Å². The van der Waals surface area contributed by atoms with Crippen LogP contribution in [-0.4, -0.2) is 37.5 Å². The Morgan fingerprint density at radius 3 is 2.43 bits per heavy atom. The lowest BCUT2D eigenvalue weighted by Crippen LogP contribution is -2.30. The van der Waals surface area contributed by atoms with Crippen LogP contribution in [0.2, 0.25) is 0 Å². The fourth-order valence-electron chi connectivity index (χ4n) is 2.27. The summed E-state index contributed by atoms with van der Waals surface area (Å²) in [5.41, 5.74) is 0.739. The molecule has 0 atom stereocenters. The van der Waals surface area contributed by atoms with Crippen molar-refractivity contribution in [2.45, 2.75) is 25.7 Å². The molecule has 0 aromatic heterocycles. The summed E-state index contributed by atoms with van der Waals surface area (Å²) in [6.45, 7) is 1.24. The lowest BCUT2D eigenvalue weighted by atomic mass is 10.3. The van der Waals surface area contributed by atoms with Crippen molar-refractivity contribution in [3.05, 3.63) is 27.8 Å². The highest BCUT2D eigenvalue weighted by molar-refractivity contribution is 14.1. The predicted octanol–water partition coefficient (Wildman–Crippen LogP) is 2.44. The van der Waals surface area contributed by atoms with E-state index in [0.717, 1.165) is 22.1 Å². The van der Waals surface area contributed by atoms with Crippen molar-refractivity contribution in [2.24, 2.45) is 0 Å². The Bertz CT molecular complexity index is 581. The van der Waals surface area contributed by atoms with Crippen molar-refractivity contribution in [2.75, 3.05) is 24.2 Å². The molecule has 1 aromatic carbocycles. The Morgan fingerprint density at radius 2 is 1.81 bits per heavy atom. The number of hydrogen-bond donors (Lipinski definition) is 1. The number of benzene rings is 1. The van der Waals surface area contributed by atoms with E-state index >= 15 is 0 Å². The van der Waals surface area contributed by atoms with Crippen LogP contribution < -0.4 is 5.32 Å². The van der Waals surface area contributed by atoms with E-state index in [-0.39, 0.29) is 18.1 Å². The van der Waals surface area contributed by atoms with E-state index in [1.807, 2.05) is 24.3 Å². The van der Waals surface area contributed by atoms with Crippen LogP contribution in [0.4, 0.5) is 5.69 Å². The maximum absolute atomic E-state index is 12.0. The summed E-state index contributed by atoms with van der Waals surface area (Å²) in [6.07, 6.45) is 2.45. The summed E-state index contributed by atoms with van der Waals surface area (Å²) >= 11 is 2.20. The van der Waals surface area contributed by atoms with Crippen LogP contribution in [0.1, 0.15) is 25.7 Å². The number of sulfonamides is 1. The standard InChI is InChI=1S/C14H19IN2O3S/c15-12-5-7-13(8-6-12)16-14(18)4-3-11-21(19,20)17-9-1-2-10-17/h5-8H,1-4,9-11H2,(H,16,18). The van der Waals surface area contributed by atoms with E-state index in [4.69, 9.17) is 0 Å². The Kier molecular flexibility index (Phi) is 6.00. The van der Waals surface area contributed by atoms with Crippen molar-refractivity contribution in [1.82, 2.24) is 4.31 Å². The largest absolute Gasteiger partial charge is 0.326 e. The number of hydrogen-bond acceptors (Lipinski definition) is 3. The van der Waals surface area contributed by atoms with E-state index in [2.05, 4.69) is 27.9 Å². The third-order valence-corrected chi connectivity index (χ3v) is 6.07. The zero-order chi connectivity index (χ0) is 15.3. The molecule has 1 N–H and O–H groups in total. The van der Waals surface area contributed by atoms with Gasteiger partial charge in [-0.25, -0.2) is 12.7 Å². The zero-order valence-electron chi connectivity index (χ0n) is 11.7. The Balaban J connectivity index is 1.75. The van der Waals surface area contributed by atoms with Crippen LogP contribution in [0.15, 0.2) is 24.3 Å². The SMILES string of the molecule is O=C(CCCS(=O)(=O)N1CCCC1)Nc1ccc(I)cc1. The summed E-state index contributed by atoms with van der Waals surface area (Å²) in [6, 6.07) is 7.49. The van der Waals surface area contributed by atoms with Gasteiger partial charge in [0.2, 0.25) is 15.9 Å². The molecule has 1 amide bonds. The second-order valence-corrected chi connectivity index (χ2v) is 8.41. The van der Waals surface area contributed by atoms with Crippen LogP contribution in [0.5, 0.6) is 0 Å². The van der Waals surface area contributed by atoms with Crippen LogP contribution in [0.25, 0.3) is 0 Å². The molecule has 21 heavy (non-hydrogen) atoms. The molecule has 1 aliphatic rings. The van der Waals surface area contributed by atoms with E-state index in [9.17, 15) is 13.2 Å². The number of anilines is 1. The Hall–Kier alpha value is -0.670. The summed E-state index contributed by atoms with van der Waals surface area (Å²) in [5.74, 6) is -0.0968. The van der Waals surface area contributed by atoms with Crippen molar-refractivity contribution >= 4 is 44.2 Å². The lowest BCUT2D eigenvalue weighted by Gasteiger charge is -2.15. The van der Waals surface area contributed by atoms with Gasteiger partial charge in [-0.15, -0.1) is 0 Å². The van der Waals surface area contributed by atoms with Gasteiger partial charge >= 0.3 is 0 Å². The van der Waals surface area contributed by atoms with Crippen molar-refractivity contribution < 1.29 is 13.2 Å². The van der Waals surface area contributed by atoms with Gasteiger partial charge in [0.1, 0.15) is 0 Å². The first-order chi connectivity index (χ1) is 9.97. The molecule has 1 fully saturated rings. The Labute approximate surface area is 139 Å². The first kappa shape index (κ1) is 16.7. The third-order valence-electron chi connectivity index (χ3n) is 3.39. The van der Waals surface area contributed by atoms with Crippen molar-refractivity contribution in [3.8, 4) is 0 Å². The molecule has 0 radical (unpaired) electrons. The molecular weight excluding hydrogens is 403 g/mol. The maximum Gasteiger partial charge on any atom is 0.224 e. The predicted molar refractivity (Wildman–Crippen MR) is 91.6 cm³/mol. The van der Waals surface area contributed by atoms with Gasteiger partial charge in [0.05, 0.1) is 5.75 Å². The smallest absolute Gasteiger partial charge is 0.224 e. The molecule has 1 heterocycles. The lowest BCUT2D eigenvalue weighted by molar-refractivity contribution is -0.116. The molecule has 0 unspecified atom stereocenters. The van der Waals surface area contributed by atoms with Crippen molar-refractivity contribution in [1.29, 1.82) is 0 Å². The maximum atomic E-state index is 12.0. The van der Waals surface area contributed by atoms with Gasteiger partial charge in [-0.1, -0.05) is 0 Å². The van der Waals surface area contributed by atoms with E-state index in [1.165, 1.54) is 4.31 Å². The van der Waals surface area contributed by atoms with E-state index < -0.39 is 10.0 Å². The second kappa shape index (κ2) is 7.55. The van der Waals surface area contributed by atoms with Gasteiger partial charge in [-0.2, -0.15) is 0 Å². The topological polar surface area (TPSA) is 66.5 Å². The molecule has 116 valence electrons. The summed E-state index contributed by atoms with van der Waals surface area (Å²) < 4.78 is 26.6. The molecule has 0 saturated carbocycles. The van der Waals surface area contributed by atoms with Gasteiger partial charge in [0.15, 0.2) is 0 Å². The third kappa shape index (κ3) is 5.23. The number of carbonyl (C=O) groups excluding carboxylic acids is 1. The second-order valence-electron chi connectivity index (χ2n) is 5.08. The number of nitrogens with one attached hydrogen (secondary N) is 1. The van der Waals surface area contributed by atoms with Gasteiger partial charge < -0.3 is 5.32 Å². The monoisotopic (exact) mass is 422 g/mol. The molecule has 1 aliphatic heterocycles. The molecule has 1 saturated heterocycles. The number of amides is 1. The first-order valence-electron chi connectivity index (χ1n) is 7.01. The minimum absolute atomic E-state index is 0.0487. The first-order valence-corrected chi connectivity index (χ1v) is 9.69. The van der Waals surface area contributed by atoms with Crippen molar-refractivity contribution in [3.63, 3.8) is 0 Å². The fraction of sp³-hybridized carbons (Fsp3) is 0.500. The van der Waals surface area contributed by atoms with Gasteiger partial charge in [0.25, 0.3) is 0 Å². The zero-order valence-corrected chi connectivity index (χ0v) is 14.7.